The number of aryl methyl sites for hydroxylation is 1. The second-order valence-corrected chi connectivity index (χ2v) is 6.72. The molecule has 1 aromatic heterocycles. The first-order chi connectivity index (χ1) is 9.49. The zero-order valence-electron chi connectivity index (χ0n) is 10.5. The van der Waals surface area contributed by atoms with E-state index in [1.165, 1.54) is 12.1 Å². The van der Waals surface area contributed by atoms with Gasteiger partial charge in [-0.05, 0) is 40.5 Å². The van der Waals surface area contributed by atoms with Crippen LogP contribution < -0.4 is 10.5 Å². The number of nitrogen functional groups attached to an aromatic ring is 1. The third-order valence-electron chi connectivity index (χ3n) is 2.61. The lowest BCUT2D eigenvalue weighted by molar-refractivity contribution is 0.542. The number of nitrogens with one attached hydrogen (secondary N) is 1. The fraction of sp³-hybridized carbons (Fsp3) is 0.273. The fourth-order valence-electron chi connectivity index (χ4n) is 1.57. The van der Waals surface area contributed by atoms with Crippen molar-refractivity contribution in [2.75, 3.05) is 12.3 Å². The number of anilines is 1. The standard InChI is InChI=1S/C11H14BrN5O2S/c12-10-3-2-9(8-11(10)13)20(18,19)15-4-1-6-17-7-5-14-16-17/h2-3,5,7-8,15H,1,4,6,13H2. The van der Waals surface area contributed by atoms with Crippen molar-refractivity contribution in [3.8, 4) is 0 Å². The Balaban J connectivity index is 1.92. The average molecular weight is 360 g/mol. The SMILES string of the molecule is Nc1cc(S(=O)(=O)NCCCn2ccnn2)ccc1Br. The second-order valence-electron chi connectivity index (χ2n) is 4.10. The minimum Gasteiger partial charge on any atom is -0.398 e. The molecule has 0 fully saturated rings. The van der Waals surface area contributed by atoms with Crippen molar-refractivity contribution in [2.24, 2.45) is 0 Å². The lowest BCUT2D eigenvalue weighted by Gasteiger charge is -2.08. The summed E-state index contributed by atoms with van der Waals surface area (Å²) in [6, 6.07) is 4.53. The summed E-state index contributed by atoms with van der Waals surface area (Å²) < 4.78 is 28.9. The average Bonchev–Trinajstić information content (AvgIpc) is 2.91. The molecule has 0 saturated carbocycles. The Morgan fingerprint density at radius 1 is 1.40 bits per heavy atom. The molecule has 0 aliphatic rings. The summed E-state index contributed by atoms with van der Waals surface area (Å²) in [5.74, 6) is 0. The van der Waals surface area contributed by atoms with Crippen molar-refractivity contribution in [3.63, 3.8) is 0 Å². The predicted molar refractivity (Wildman–Crippen MR) is 78.4 cm³/mol. The topological polar surface area (TPSA) is 103 Å². The normalized spacial score (nSPS) is 11.7. The van der Waals surface area contributed by atoms with E-state index >= 15 is 0 Å². The molecule has 0 spiro atoms. The number of nitrogens with two attached hydrogens (primary N) is 1. The van der Waals surface area contributed by atoms with Gasteiger partial charge in [-0.15, -0.1) is 5.10 Å². The quantitative estimate of drug-likeness (QED) is 0.591. The van der Waals surface area contributed by atoms with Gasteiger partial charge in [-0.1, -0.05) is 5.21 Å². The molecule has 9 heteroatoms. The summed E-state index contributed by atoms with van der Waals surface area (Å²) in [4.78, 5) is 0.152. The van der Waals surface area contributed by atoms with Crippen LogP contribution in [0.25, 0.3) is 0 Å². The molecule has 0 aliphatic carbocycles. The first-order valence-electron chi connectivity index (χ1n) is 5.88. The van der Waals surface area contributed by atoms with Gasteiger partial charge >= 0.3 is 0 Å². The fourth-order valence-corrected chi connectivity index (χ4v) is 2.93. The molecule has 0 unspecified atom stereocenters. The highest BCUT2D eigenvalue weighted by atomic mass is 79.9. The van der Waals surface area contributed by atoms with E-state index in [-0.39, 0.29) is 4.90 Å². The van der Waals surface area contributed by atoms with Crippen LogP contribution in [0.15, 0.2) is 40.0 Å². The van der Waals surface area contributed by atoms with Crippen LogP contribution >= 0.6 is 15.9 Å². The number of hydrogen-bond acceptors (Lipinski definition) is 5. The van der Waals surface area contributed by atoms with Gasteiger partial charge in [0.05, 0.1) is 11.1 Å². The number of rotatable bonds is 6. The van der Waals surface area contributed by atoms with E-state index in [2.05, 4.69) is 31.0 Å². The van der Waals surface area contributed by atoms with E-state index < -0.39 is 10.0 Å². The van der Waals surface area contributed by atoms with Crippen LogP contribution in [0.5, 0.6) is 0 Å². The number of nitrogens with zero attached hydrogens (tertiary/aromatic N) is 3. The van der Waals surface area contributed by atoms with Crippen molar-refractivity contribution in [2.45, 2.75) is 17.9 Å². The van der Waals surface area contributed by atoms with Crippen LogP contribution in [0.1, 0.15) is 6.42 Å². The molecule has 1 aromatic carbocycles. The Morgan fingerprint density at radius 3 is 2.85 bits per heavy atom. The molecular formula is C11H14BrN5O2S. The van der Waals surface area contributed by atoms with Gasteiger partial charge in [0.2, 0.25) is 10.0 Å². The second kappa shape index (κ2) is 6.33. The third kappa shape index (κ3) is 3.78. The van der Waals surface area contributed by atoms with Crippen LogP contribution in [0, 0.1) is 0 Å². The largest absolute Gasteiger partial charge is 0.398 e. The molecule has 0 aliphatic heterocycles. The van der Waals surface area contributed by atoms with Gasteiger partial charge in [0.25, 0.3) is 0 Å². The molecule has 7 nitrogen and oxygen atoms in total. The van der Waals surface area contributed by atoms with Crippen molar-refractivity contribution >= 4 is 31.6 Å². The maximum Gasteiger partial charge on any atom is 0.240 e. The lowest BCUT2D eigenvalue weighted by atomic mass is 10.3. The van der Waals surface area contributed by atoms with Gasteiger partial charge in [0.15, 0.2) is 0 Å². The maximum absolute atomic E-state index is 12.0. The molecule has 20 heavy (non-hydrogen) atoms. The minimum atomic E-state index is -3.54. The summed E-state index contributed by atoms with van der Waals surface area (Å²) in [6.07, 6.45) is 3.92. The Hall–Kier alpha value is -1.45. The van der Waals surface area contributed by atoms with Crippen molar-refractivity contribution < 1.29 is 8.42 Å². The number of hydrogen-bond donors (Lipinski definition) is 2. The molecule has 0 radical (unpaired) electrons. The number of halogens is 1. The van der Waals surface area contributed by atoms with Gasteiger partial charge in [-0.25, -0.2) is 13.1 Å². The summed E-state index contributed by atoms with van der Waals surface area (Å²) in [6.45, 7) is 0.920. The van der Waals surface area contributed by atoms with Crippen molar-refractivity contribution in [1.82, 2.24) is 19.7 Å². The van der Waals surface area contributed by atoms with Gasteiger partial charge in [0, 0.05) is 29.4 Å². The van der Waals surface area contributed by atoms with Gasteiger partial charge in [-0.2, -0.15) is 0 Å². The smallest absolute Gasteiger partial charge is 0.240 e. The molecular weight excluding hydrogens is 346 g/mol. The molecule has 2 aromatic rings. The third-order valence-corrected chi connectivity index (χ3v) is 4.79. The van der Waals surface area contributed by atoms with E-state index in [1.54, 1.807) is 23.1 Å². The summed E-state index contributed by atoms with van der Waals surface area (Å²) in [7, 11) is -3.54. The number of benzene rings is 1. The van der Waals surface area contributed by atoms with Crippen molar-refractivity contribution in [3.05, 3.63) is 35.1 Å². The van der Waals surface area contributed by atoms with E-state index in [1.807, 2.05) is 0 Å². The summed E-state index contributed by atoms with van der Waals surface area (Å²) >= 11 is 3.23. The molecule has 3 N–H and O–H groups in total. The lowest BCUT2D eigenvalue weighted by Crippen LogP contribution is -2.25. The molecule has 108 valence electrons. The number of aromatic nitrogens is 3. The predicted octanol–water partition coefficient (Wildman–Crippen LogP) is 0.991. The van der Waals surface area contributed by atoms with Gasteiger partial charge in [0.1, 0.15) is 0 Å². The van der Waals surface area contributed by atoms with Crippen LogP contribution in [0.2, 0.25) is 0 Å². The van der Waals surface area contributed by atoms with E-state index in [4.69, 9.17) is 5.73 Å². The van der Waals surface area contributed by atoms with Crippen LogP contribution in [0.4, 0.5) is 5.69 Å². The Kier molecular flexibility index (Phi) is 4.73. The molecule has 2 rings (SSSR count). The summed E-state index contributed by atoms with van der Waals surface area (Å²) in [5, 5.41) is 7.47. The highest BCUT2D eigenvalue weighted by Gasteiger charge is 2.14. The molecule has 1 heterocycles. The van der Waals surface area contributed by atoms with E-state index in [0.717, 1.165) is 0 Å². The van der Waals surface area contributed by atoms with Gasteiger partial charge in [-0.3, -0.25) is 4.68 Å². The Bertz CT molecular complexity index is 672. The van der Waals surface area contributed by atoms with Crippen LogP contribution in [-0.4, -0.2) is 30.0 Å². The zero-order chi connectivity index (χ0) is 14.6. The molecule has 0 atom stereocenters. The first-order valence-corrected chi connectivity index (χ1v) is 8.15. The molecule has 0 bridgehead atoms. The zero-order valence-corrected chi connectivity index (χ0v) is 12.9. The Morgan fingerprint density at radius 2 is 2.20 bits per heavy atom. The maximum atomic E-state index is 12.0. The summed E-state index contributed by atoms with van der Waals surface area (Å²) in [5.41, 5.74) is 6.06. The highest BCUT2D eigenvalue weighted by molar-refractivity contribution is 9.10. The van der Waals surface area contributed by atoms with Gasteiger partial charge < -0.3 is 5.73 Å². The number of sulfonamides is 1. The van der Waals surface area contributed by atoms with E-state index in [9.17, 15) is 8.42 Å². The monoisotopic (exact) mass is 359 g/mol. The molecule has 0 saturated heterocycles. The van der Waals surface area contributed by atoms with Crippen molar-refractivity contribution in [1.29, 1.82) is 0 Å². The Labute approximate surface area is 125 Å². The highest BCUT2D eigenvalue weighted by Crippen LogP contribution is 2.22. The van der Waals surface area contributed by atoms with Crippen LogP contribution in [0.3, 0.4) is 0 Å². The molecule has 0 amide bonds. The van der Waals surface area contributed by atoms with E-state index in [0.29, 0.717) is 29.7 Å². The minimum absolute atomic E-state index is 0.152. The van der Waals surface area contributed by atoms with Crippen LogP contribution in [-0.2, 0) is 16.6 Å². The first kappa shape index (κ1) is 14.9.